The van der Waals surface area contributed by atoms with Crippen LogP contribution < -0.4 is 11.4 Å². The van der Waals surface area contributed by atoms with E-state index in [1.807, 2.05) is 0 Å². The Bertz CT molecular complexity index is 515. The fraction of sp³-hybridized carbons (Fsp3) is 0.500. The summed E-state index contributed by atoms with van der Waals surface area (Å²) in [4.78, 5) is 25.8. The Balaban J connectivity index is 2.35. The topological polar surface area (TPSA) is 128 Å². The lowest BCUT2D eigenvalue weighted by Gasteiger charge is -2.14. The Kier molecular flexibility index (Phi) is 3.41. The fourth-order valence-electron chi connectivity index (χ4n) is 1.84. The van der Waals surface area contributed by atoms with E-state index < -0.39 is 24.1 Å². The minimum atomic E-state index is -0.871. The number of nitrogen functional groups attached to an aromatic ring is 1. The van der Waals surface area contributed by atoms with Crippen molar-refractivity contribution in [2.45, 2.75) is 24.9 Å². The molecular formula is C10H13N3O5. The van der Waals surface area contributed by atoms with Gasteiger partial charge < -0.3 is 20.7 Å². The number of hydrogen-bond donors (Lipinski definition) is 3. The van der Waals surface area contributed by atoms with Crippen LogP contribution in [0.3, 0.4) is 0 Å². The first-order valence-corrected chi connectivity index (χ1v) is 5.35. The highest BCUT2D eigenvalue weighted by molar-refractivity contribution is 5.80. The highest BCUT2D eigenvalue weighted by Gasteiger charge is 2.35. The molecule has 1 aliphatic rings. The average Bonchev–Trinajstić information content (AvgIpc) is 2.70. The van der Waals surface area contributed by atoms with Crippen molar-refractivity contribution in [2.24, 2.45) is 0 Å². The molecular weight excluding hydrogens is 245 g/mol. The summed E-state index contributed by atoms with van der Waals surface area (Å²) < 4.78 is 6.38. The van der Waals surface area contributed by atoms with Gasteiger partial charge >= 0.3 is 5.69 Å². The average molecular weight is 258 g/mol. The molecule has 4 N–H and O–H groups in total. The number of anilines is 1. The molecule has 1 fully saturated rings. The van der Waals surface area contributed by atoms with Crippen molar-refractivity contribution in [3.8, 4) is 0 Å². The molecule has 2 heterocycles. The highest BCUT2D eigenvalue weighted by Crippen LogP contribution is 2.27. The normalized spacial score (nSPS) is 27.3. The van der Waals surface area contributed by atoms with Gasteiger partial charge in [-0.2, -0.15) is 4.98 Å². The molecule has 0 aromatic carbocycles. The third kappa shape index (κ3) is 2.13. The number of aldehydes is 1. The standard InChI is InChI=1S/C10H13N3O5/c11-9-5(3-14)2-13(10(17)12-9)8-1-6(16)7(4-15)18-8/h2-3,6-8,15-16H,1,4H2,(H2,11,12,17)/t6-,7+,8+/m0/s1/i10+1,12+1,13+1. The van der Waals surface area contributed by atoms with E-state index in [1.165, 1.54) is 6.20 Å². The molecule has 0 amide bonds. The van der Waals surface area contributed by atoms with Crippen LogP contribution in [0.1, 0.15) is 23.0 Å². The molecule has 1 aliphatic heterocycles. The zero-order chi connectivity index (χ0) is 13.3. The number of nitrogens with zero attached hydrogens (tertiary/aromatic N) is 2. The molecule has 0 spiro atoms. The summed E-state index contributed by atoms with van der Waals surface area (Å²) in [6.07, 6.45) is -0.545. The Hall–Kier alpha value is -1.77. The molecule has 8 heteroatoms. The van der Waals surface area contributed by atoms with Crippen LogP contribution in [0.15, 0.2) is 11.0 Å². The van der Waals surface area contributed by atoms with Crippen LogP contribution in [-0.4, -0.2) is 44.9 Å². The second kappa shape index (κ2) is 4.84. The summed E-state index contributed by atoms with van der Waals surface area (Å²) in [6.45, 7) is -0.352. The van der Waals surface area contributed by atoms with Crippen LogP contribution in [-0.2, 0) is 4.74 Å². The first kappa shape index (κ1) is 12.7. The zero-order valence-corrected chi connectivity index (χ0v) is 9.39. The summed E-state index contributed by atoms with van der Waals surface area (Å²) in [7, 11) is 0. The summed E-state index contributed by atoms with van der Waals surface area (Å²) in [6, 6.07) is 0. The summed E-state index contributed by atoms with van der Waals surface area (Å²) in [5, 5.41) is 18.5. The first-order chi connectivity index (χ1) is 8.56. The van der Waals surface area contributed by atoms with E-state index in [0.717, 1.165) is 4.57 Å². The molecule has 0 unspecified atom stereocenters. The molecule has 0 aliphatic carbocycles. The molecule has 1 aromatic rings. The molecule has 98 valence electrons. The predicted octanol–water partition coefficient (Wildman–Crippen LogP) is -1.72. The van der Waals surface area contributed by atoms with Crippen molar-refractivity contribution < 1.29 is 19.7 Å². The molecule has 0 bridgehead atoms. The first-order valence-electron chi connectivity index (χ1n) is 5.35. The smallest absolute Gasteiger partial charge is 0.351 e. The number of aliphatic hydroxyl groups excluding tert-OH is 2. The van der Waals surface area contributed by atoms with Gasteiger partial charge in [-0.3, -0.25) is 9.36 Å². The van der Waals surface area contributed by atoms with Crippen LogP contribution in [0.2, 0.25) is 0 Å². The van der Waals surface area contributed by atoms with Crippen molar-refractivity contribution in [3.05, 3.63) is 22.2 Å². The summed E-state index contributed by atoms with van der Waals surface area (Å²) in [5.41, 5.74) is 4.79. The van der Waals surface area contributed by atoms with Gasteiger partial charge in [0, 0.05) is 12.6 Å². The number of carbonyl (C=O) groups excluding carboxylic acids is 1. The molecule has 8 nitrogen and oxygen atoms in total. The van der Waals surface area contributed by atoms with Gasteiger partial charge in [-0.25, -0.2) is 4.79 Å². The number of hydrogen-bond acceptors (Lipinski definition) is 7. The van der Waals surface area contributed by atoms with Gasteiger partial charge in [-0.1, -0.05) is 0 Å². The van der Waals surface area contributed by atoms with Gasteiger partial charge in [-0.05, 0) is 0 Å². The second-order valence-corrected chi connectivity index (χ2v) is 4.00. The van der Waals surface area contributed by atoms with Gasteiger partial charge in [0.1, 0.15) is 18.1 Å². The number of rotatable bonds is 3. The monoisotopic (exact) mass is 258 g/mol. The number of carbonyl (C=O) groups is 1. The van der Waals surface area contributed by atoms with Gasteiger partial charge in [0.15, 0.2) is 6.29 Å². The predicted molar refractivity (Wildman–Crippen MR) is 59.9 cm³/mol. The van der Waals surface area contributed by atoms with Gasteiger partial charge in [0.2, 0.25) is 0 Å². The van der Waals surface area contributed by atoms with Gasteiger partial charge in [-0.15, -0.1) is 0 Å². The number of ether oxygens (including phenoxy) is 1. The van der Waals surface area contributed by atoms with Gasteiger partial charge in [0.25, 0.3) is 0 Å². The Morgan fingerprint density at radius 1 is 1.67 bits per heavy atom. The molecule has 3 atom stereocenters. The maximum Gasteiger partial charge on any atom is 0.351 e. The number of nitrogens with two attached hydrogens (primary N) is 1. The molecule has 18 heavy (non-hydrogen) atoms. The van der Waals surface area contributed by atoms with Crippen LogP contribution in [0.4, 0.5) is 5.82 Å². The number of aliphatic hydroxyl groups is 2. The lowest BCUT2D eigenvalue weighted by atomic mass is 10.2. The Morgan fingerprint density at radius 2 is 2.39 bits per heavy atom. The van der Waals surface area contributed by atoms with E-state index >= 15 is 0 Å². The lowest BCUT2D eigenvalue weighted by Crippen LogP contribution is -2.29. The summed E-state index contributed by atoms with van der Waals surface area (Å²) in [5.74, 6) is -0.150. The Labute approximate surface area is 102 Å². The maximum absolute atomic E-state index is 11.6. The fourth-order valence-corrected chi connectivity index (χ4v) is 1.84. The molecule has 2 rings (SSSR count). The van der Waals surface area contributed by atoms with E-state index in [4.69, 9.17) is 15.6 Å². The maximum atomic E-state index is 11.6. The quantitative estimate of drug-likeness (QED) is 0.550. The van der Waals surface area contributed by atoms with E-state index in [1.54, 1.807) is 0 Å². The lowest BCUT2D eigenvalue weighted by molar-refractivity contribution is -0.0458. The highest BCUT2D eigenvalue weighted by atomic mass is 16.6. The molecule has 0 saturated carbocycles. The minimum Gasteiger partial charge on any atom is -0.394 e. The largest absolute Gasteiger partial charge is 0.394 e. The van der Waals surface area contributed by atoms with E-state index in [0.29, 0.717) is 6.29 Å². The van der Waals surface area contributed by atoms with Crippen molar-refractivity contribution in [1.82, 2.24) is 9.55 Å². The number of aromatic nitrogens is 2. The SMILES string of the molecule is Nc1[15n][13c](=O)[15n]([C@H]2C[C@H](O)[C@@H](CO)O2)cc1C=O. The van der Waals surface area contributed by atoms with Crippen molar-refractivity contribution in [2.75, 3.05) is 12.3 Å². The summed E-state index contributed by atoms with van der Waals surface area (Å²) >= 11 is 0. The minimum absolute atomic E-state index is 0.0696. The van der Waals surface area contributed by atoms with Crippen molar-refractivity contribution >= 4 is 12.1 Å². The molecule has 1 saturated heterocycles. The third-order valence-corrected chi connectivity index (χ3v) is 2.83. The van der Waals surface area contributed by atoms with Crippen LogP contribution >= 0.6 is 0 Å². The van der Waals surface area contributed by atoms with E-state index in [-0.39, 0.29) is 24.4 Å². The third-order valence-electron chi connectivity index (χ3n) is 2.83. The van der Waals surface area contributed by atoms with Gasteiger partial charge in [0.05, 0.1) is 18.3 Å². The zero-order valence-electron chi connectivity index (χ0n) is 9.39. The van der Waals surface area contributed by atoms with Crippen molar-refractivity contribution in [3.63, 3.8) is 0 Å². The Morgan fingerprint density at radius 3 is 2.94 bits per heavy atom. The van der Waals surface area contributed by atoms with Crippen molar-refractivity contribution in [1.29, 1.82) is 0 Å². The van der Waals surface area contributed by atoms with E-state index in [2.05, 4.69) is 4.98 Å². The van der Waals surface area contributed by atoms with Crippen LogP contribution in [0, 0.1) is 0 Å². The van der Waals surface area contributed by atoms with E-state index in [9.17, 15) is 14.7 Å². The molecule has 1 aromatic heterocycles. The van der Waals surface area contributed by atoms with Crippen LogP contribution in [0.25, 0.3) is 0 Å². The second-order valence-electron chi connectivity index (χ2n) is 4.00. The van der Waals surface area contributed by atoms with Crippen LogP contribution in [0.5, 0.6) is 0 Å². The molecule has 0 radical (unpaired) electrons.